The lowest BCUT2D eigenvalue weighted by Gasteiger charge is -2.23. The molecule has 0 aliphatic carbocycles. The molecule has 0 spiro atoms. The molecular formula is C27H26FN7O. The molecule has 1 atom stereocenters. The summed E-state index contributed by atoms with van der Waals surface area (Å²) in [5, 5.41) is 12.2. The highest BCUT2D eigenvalue weighted by molar-refractivity contribution is 6.13. The Morgan fingerprint density at radius 1 is 1.14 bits per heavy atom. The number of piperidine rings is 1. The molecule has 1 saturated heterocycles. The van der Waals surface area contributed by atoms with Crippen molar-refractivity contribution in [3.8, 4) is 22.4 Å². The molecule has 36 heavy (non-hydrogen) atoms. The van der Waals surface area contributed by atoms with Gasteiger partial charge in [-0.2, -0.15) is 5.10 Å². The highest BCUT2D eigenvalue weighted by Gasteiger charge is 2.19. The Bertz CT molecular complexity index is 1560. The molecule has 9 heteroatoms. The minimum absolute atomic E-state index is 0.131. The van der Waals surface area contributed by atoms with Crippen LogP contribution in [0.25, 0.3) is 44.3 Å². The number of carbonyl (C=O) groups is 1. The molecule has 1 aliphatic heterocycles. The van der Waals surface area contributed by atoms with Crippen LogP contribution in [0.2, 0.25) is 0 Å². The van der Waals surface area contributed by atoms with Gasteiger partial charge in [-0.25, -0.2) is 9.37 Å². The molecule has 1 amide bonds. The first-order chi connectivity index (χ1) is 17.6. The Kier molecular flexibility index (Phi) is 5.69. The summed E-state index contributed by atoms with van der Waals surface area (Å²) in [6, 6.07) is 9.29. The maximum Gasteiger partial charge on any atom is 0.251 e. The molecular weight excluding hydrogens is 457 g/mol. The lowest BCUT2D eigenvalue weighted by molar-refractivity contribution is 0.0948. The van der Waals surface area contributed by atoms with Crippen molar-refractivity contribution in [3.63, 3.8) is 0 Å². The summed E-state index contributed by atoms with van der Waals surface area (Å²) in [6.45, 7) is 1.59. The number of hydrogen-bond acceptors (Lipinski definition) is 5. The number of aromatic nitrogens is 5. The molecule has 8 nitrogen and oxygen atoms in total. The molecule has 5 aromatic rings. The van der Waals surface area contributed by atoms with Crippen LogP contribution in [0.3, 0.4) is 0 Å². The van der Waals surface area contributed by atoms with E-state index in [1.807, 2.05) is 19.3 Å². The molecule has 6 rings (SSSR count). The average Bonchev–Trinajstić information content (AvgIpc) is 3.51. The number of amides is 1. The third-order valence-corrected chi connectivity index (χ3v) is 6.82. The zero-order valence-corrected chi connectivity index (χ0v) is 19.9. The van der Waals surface area contributed by atoms with Gasteiger partial charge in [-0.15, -0.1) is 0 Å². The maximum atomic E-state index is 15.2. The fraction of sp³-hybridized carbons (Fsp3) is 0.259. The molecule has 4 aromatic heterocycles. The summed E-state index contributed by atoms with van der Waals surface area (Å²) in [5.41, 5.74) is 4.61. The lowest BCUT2D eigenvalue weighted by atomic mass is 9.99. The Morgan fingerprint density at radius 2 is 2.00 bits per heavy atom. The highest BCUT2D eigenvalue weighted by atomic mass is 19.1. The molecule has 5 heterocycles. The topological polar surface area (TPSA) is 101 Å². The van der Waals surface area contributed by atoms with E-state index in [9.17, 15) is 4.79 Å². The number of halogens is 1. The van der Waals surface area contributed by atoms with Gasteiger partial charge < -0.3 is 15.6 Å². The number of pyridine rings is 2. The third-order valence-electron chi connectivity index (χ3n) is 6.82. The number of aryl methyl sites for hydroxylation is 1. The van der Waals surface area contributed by atoms with Crippen molar-refractivity contribution in [2.24, 2.45) is 7.05 Å². The summed E-state index contributed by atoms with van der Waals surface area (Å²) >= 11 is 0. The number of benzene rings is 1. The van der Waals surface area contributed by atoms with Crippen LogP contribution in [0, 0.1) is 5.82 Å². The minimum Gasteiger partial charge on any atom is -0.350 e. The van der Waals surface area contributed by atoms with Crippen LogP contribution in [0.1, 0.15) is 29.6 Å². The first kappa shape index (κ1) is 22.4. The molecule has 0 radical (unpaired) electrons. The Morgan fingerprint density at radius 3 is 2.75 bits per heavy atom. The summed E-state index contributed by atoms with van der Waals surface area (Å²) in [7, 11) is 1.85. The molecule has 0 unspecified atom stereocenters. The zero-order valence-electron chi connectivity index (χ0n) is 19.9. The van der Waals surface area contributed by atoms with Gasteiger partial charge in [-0.3, -0.25) is 14.5 Å². The second kappa shape index (κ2) is 9.16. The van der Waals surface area contributed by atoms with E-state index >= 15 is 4.39 Å². The SMILES string of the molecule is Cn1cc(-c2cc3c(cn2)[nH]c2ncc(F)c(-c4ccc(C(=O)NC[C@@H]5CCCCN5)cc4)c23)cn1. The largest absolute Gasteiger partial charge is 0.350 e. The van der Waals surface area contributed by atoms with Gasteiger partial charge in [0.05, 0.1) is 29.8 Å². The number of hydrogen-bond donors (Lipinski definition) is 3. The smallest absolute Gasteiger partial charge is 0.251 e. The standard InChI is InChI=1S/C27H26FN7O/c1-35-15-18(11-33-35)22-10-20-23(14-30-22)34-26-25(20)24(21(28)13-31-26)16-5-7-17(8-6-16)27(36)32-12-19-4-2-3-9-29-19/h5-8,10-11,13-15,19,29H,2-4,9,12H2,1H3,(H,31,34)(H,32,36)/t19-/m0/s1. The number of carbonyl (C=O) groups excluding carboxylic acids is 1. The van der Waals surface area contributed by atoms with Crippen LogP contribution in [0.15, 0.2) is 55.1 Å². The first-order valence-corrected chi connectivity index (χ1v) is 12.1. The molecule has 0 saturated carbocycles. The van der Waals surface area contributed by atoms with Crippen LogP contribution in [-0.2, 0) is 7.05 Å². The molecule has 182 valence electrons. The summed E-state index contributed by atoms with van der Waals surface area (Å²) < 4.78 is 16.9. The zero-order chi connectivity index (χ0) is 24.6. The molecule has 1 aliphatic rings. The fourth-order valence-electron chi connectivity index (χ4n) is 4.93. The quantitative estimate of drug-likeness (QED) is 0.348. The van der Waals surface area contributed by atoms with Gasteiger partial charge in [0.15, 0.2) is 0 Å². The van der Waals surface area contributed by atoms with E-state index in [4.69, 9.17) is 0 Å². The number of H-pyrrole nitrogens is 1. The number of nitrogens with zero attached hydrogens (tertiary/aromatic N) is 4. The van der Waals surface area contributed by atoms with E-state index < -0.39 is 5.82 Å². The van der Waals surface area contributed by atoms with Crippen molar-refractivity contribution >= 4 is 27.8 Å². The predicted octanol–water partition coefficient (Wildman–Crippen LogP) is 4.19. The second-order valence-corrected chi connectivity index (χ2v) is 9.28. The van der Waals surface area contributed by atoms with E-state index in [0.29, 0.717) is 40.3 Å². The molecule has 1 aromatic carbocycles. The normalized spacial score (nSPS) is 16.0. The van der Waals surface area contributed by atoms with Gasteiger partial charge in [0.1, 0.15) is 11.5 Å². The van der Waals surface area contributed by atoms with Crippen LogP contribution >= 0.6 is 0 Å². The highest BCUT2D eigenvalue weighted by Crippen LogP contribution is 2.36. The van der Waals surface area contributed by atoms with Crippen molar-refractivity contribution in [3.05, 3.63) is 66.5 Å². The van der Waals surface area contributed by atoms with Gasteiger partial charge in [0.25, 0.3) is 5.91 Å². The first-order valence-electron chi connectivity index (χ1n) is 12.1. The van der Waals surface area contributed by atoms with Crippen LogP contribution in [-0.4, -0.2) is 49.8 Å². The second-order valence-electron chi connectivity index (χ2n) is 9.28. The average molecular weight is 484 g/mol. The lowest BCUT2D eigenvalue weighted by Crippen LogP contribution is -2.43. The molecule has 3 N–H and O–H groups in total. The summed E-state index contributed by atoms with van der Waals surface area (Å²) in [6.07, 6.45) is 10.0. The number of rotatable bonds is 5. The van der Waals surface area contributed by atoms with Crippen molar-refractivity contribution < 1.29 is 9.18 Å². The van der Waals surface area contributed by atoms with Gasteiger partial charge >= 0.3 is 0 Å². The van der Waals surface area contributed by atoms with Gasteiger partial charge in [-0.05, 0) is 43.1 Å². The van der Waals surface area contributed by atoms with Crippen molar-refractivity contribution in [1.82, 2.24) is 35.4 Å². The Balaban J connectivity index is 1.34. The van der Waals surface area contributed by atoms with Crippen LogP contribution in [0.4, 0.5) is 4.39 Å². The van der Waals surface area contributed by atoms with E-state index in [0.717, 1.165) is 35.1 Å². The minimum atomic E-state index is -0.427. The van der Waals surface area contributed by atoms with Gasteiger partial charge in [0, 0.05) is 53.3 Å². The van der Waals surface area contributed by atoms with Crippen molar-refractivity contribution in [2.45, 2.75) is 25.3 Å². The summed E-state index contributed by atoms with van der Waals surface area (Å²) in [4.78, 5) is 24.7. The molecule has 0 bridgehead atoms. The summed E-state index contributed by atoms with van der Waals surface area (Å²) in [5.74, 6) is -0.558. The van der Waals surface area contributed by atoms with E-state index in [2.05, 4.69) is 30.7 Å². The number of fused-ring (bicyclic) bond motifs is 3. The maximum absolute atomic E-state index is 15.2. The monoisotopic (exact) mass is 483 g/mol. The Hall–Kier alpha value is -4.11. The van der Waals surface area contributed by atoms with E-state index in [-0.39, 0.29) is 5.91 Å². The third kappa shape index (κ3) is 4.11. The fourth-order valence-corrected chi connectivity index (χ4v) is 4.93. The Labute approximate surface area is 207 Å². The van der Waals surface area contributed by atoms with E-state index in [1.54, 1.807) is 41.3 Å². The van der Waals surface area contributed by atoms with E-state index in [1.165, 1.54) is 19.0 Å². The molecule has 1 fully saturated rings. The van der Waals surface area contributed by atoms with Crippen molar-refractivity contribution in [1.29, 1.82) is 0 Å². The number of nitrogens with one attached hydrogen (secondary N) is 3. The van der Waals surface area contributed by atoms with Crippen LogP contribution < -0.4 is 10.6 Å². The van der Waals surface area contributed by atoms with Gasteiger partial charge in [0.2, 0.25) is 0 Å². The van der Waals surface area contributed by atoms with Crippen molar-refractivity contribution in [2.75, 3.05) is 13.1 Å². The predicted molar refractivity (Wildman–Crippen MR) is 137 cm³/mol. The number of aromatic amines is 1. The van der Waals surface area contributed by atoms with Crippen LogP contribution in [0.5, 0.6) is 0 Å². The van der Waals surface area contributed by atoms with Gasteiger partial charge in [-0.1, -0.05) is 18.6 Å².